The first-order valence-corrected chi connectivity index (χ1v) is 8.57. The van der Waals surface area contributed by atoms with Crippen LogP contribution in [0, 0.1) is 5.82 Å². The molecule has 0 bridgehead atoms. The van der Waals surface area contributed by atoms with E-state index >= 15 is 0 Å². The molecule has 0 aliphatic carbocycles. The Bertz CT molecular complexity index is 792. The van der Waals surface area contributed by atoms with Gasteiger partial charge in [-0.2, -0.15) is 0 Å². The Labute approximate surface area is 151 Å². The van der Waals surface area contributed by atoms with Crippen molar-refractivity contribution in [3.8, 4) is 0 Å². The number of amides is 1. The largest absolute Gasteiger partial charge is 0.480 e. The van der Waals surface area contributed by atoms with E-state index < -0.39 is 12.0 Å². The molecule has 1 aliphatic rings. The molecular formula is C20H21FN2O3. The first-order chi connectivity index (χ1) is 12.5. The minimum atomic E-state index is -0.950. The number of aliphatic carboxylic acids is 1. The summed E-state index contributed by atoms with van der Waals surface area (Å²) in [4.78, 5) is 25.5. The fraction of sp³-hybridized carbons (Fsp3) is 0.300. The Hall–Kier alpha value is -2.73. The third kappa shape index (κ3) is 4.46. The van der Waals surface area contributed by atoms with Gasteiger partial charge in [0.1, 0.15) is 5.82 Å². The van der Waals surface area contributed by atoms with Crippen molar-refractivity contribution >= 4 is 11.9 Å². The molecule has 1 unspecified atom stereocenters. The molecule has 0 aromatic heterocycles. The van der Waals surface area contributed by atoms with Gasteiger partial charge in [0.05, 0.1) is 12.6 Å². The van der Waals surface area contributed by atoms with Crippen LogP contribution in [-0.2, 0) is 29.0 Å². The fourth-order valence-corrected chi connectivity index (χ4v) is 3.27. The summed E-state index contributed by atoms with van der Waals surface area (Å²) in [5, 5.41) is 12.0. The highest BCUT2D eigenvalue weighted by molar-refractivity contribution is 5.83. The first-order valence-electron chi connectivity index (χ1n) is 8.57. The van der Waals surface area contributed by atoms with Gasteiger partial charge in [0, 0.05) is 13.1 Å². The average Bonchev–Trinajstić information content (AvgIpc) is 2.62. The van der Waals surface area contributed by atoms with E-state index in [1.807, 2.05) is 24.3 Å². The van der Waals surface area contributed by atoms with Gasteiger partial charge in [-0.25, -0.2) is 4.39 Å². The lowest BCUT2D eigenvalue weighted by molar-refractivity contribution is -0.140. The van der Waals surface area contributed by atoms with Gasteiger partial charge in [-0.3, -0.25) is 14.5 Å². The first kappa shape index (κ1) is 18.1. The quantitative estimate of drug-likeness (QED) is 0.831. The van der Waals surface area contributed by atoms with E-state index in [1.165, 1.54) is 12.1 Å². The highest BCUT2D eigenvalue weighted by atomic mass is 19.1. The summed E-state index contributed by atoms with van der Waals surface area (Å²) in [6.07, 6.45) is 1.08. The van der Waals surface area contributed by atoms with Crippen molar-refractivity contribution in [2.24, 2.45) is 0 Å². The predicted molar refractivity (Wildman–Crippen MR) is 95.1 cm³/mol. The third-order valence-electron chi connectivity index (χ3n) is 4.61. The molecule has 0 saturated heterocycles. The maximum atomic E-state index is 12.9. The number of hydrogen-bond donors (Lipinski definition) is 2. The Balaban J connectivity index is 1.63. The number of benzene rings is 2. The summed E-state index contributed by atoms with van der Waals surface area (Å²) in [5.74, 6) is -1.42. The van der Waals surface area contributed by atoms with Crippen molar-refractivity contribution in [3.05, 3.63) is 71.0 Å². The van der Waals surface area contributed by atoms with E-state index in [0.29, 0.717) is 25.9 Å². The lowest BCUT2D eigenvalue weighted by Gasteiger charge is -2.34. The summed E-state index contributed by atoms with van der Waals surface area (Å²) in [7, 11) is 0. The minimum Gasteiger partial charge on any atom is -0.480 e. The SMILES string of the molecule is O=C(O)CN1Cc2ccccc2CC1C(=O)NCCc1ccc(F)cc1. The van der Waals surface area contributed by atoms with Crippen LogP contribution in [0.1, 0.15) is 16.7 Å². The van der Waals surface area contributed by atoms with Gasteiger partial charge in [0.15, 0.2) is 0 Å². The molecule has 5 nitrogen and oxygen atoms in total. The Kier molecular flexibility index (Phi) is 5.63. The number of nitrogens with zero attached hydrogens (tertiary/aromatic N) is 1. The molecule has 3 rings (SSSR count). The number of carboxylic acid groups (broad SMARTS) is 1. The van der Waals surface area contributed by atoms with Crippen LogP contribution >= 0.6 is 0 Å². The highest BCUT2D eigenvalue weighted by Crippen LogP contribution is 2.23. The molecule has 136 valence electrons. The van der Waals surface area contributed by atoms with E-state index in [0.717, 1.165) is 16.7 Å². The number of carbonyl (C=O) groups excluding carboxylic acids is 1. The minimum absolute atomic E-state index is 0.176. The molecule has 26 heavy (non-hydrogen) atoms. The van der Waals surface area contributed by atoms with Crippen LogP contribution in [0.3, 0.4) is 0 Å². The molecule has 1 atom stereocenters. The monoisotopic (exact) mass is 356 g/mol. The number of halogens is 1. The lowest BCUT2D eigenvalue weighted by Crippen LogP contribution is -2.52. The van der Waals surface area contributed by atoms with E-state index in [2.05, 4.69) is 5.32 Å². The van der Waals surface area contributed by atoms with Gasteiger partial charge >= 0.3 is 5.97 Å². The second kappa shape index (κ2) is 8.10. The molecule has 1 amide bonds. The van der Waals surface area contributed by atoms with Crippen LogP contribution in [0.4, 0.5) is 4.39 Å². The zero-order valence-electron chi connectivity index (χ0n) is 14.3. The van der Waals surface area contributed by atoms with Gasteiger partial charge in [0.2, 0.25) is 5.91 Å². The predicted octanol–water partition coefficient (Wildman–Crippen LogP) is 2.00. The normalized spacial score (nSPS) is 16.7. The maximum absolute atomic E-state index is 12.9. The van der Waals surface area contributed by atoms with Crippen molar-refractivity contribution in [3.63, 3.8) is 0 Å². The Morgan fingerprint density at radius 3 is 2.50 bits per heavy atom. The van der Waals surface area contributed by atoms with Gasteiger partial charge < -0.3 is 10.4 Å². The Morgan fingerprint density at radius 1 is 1.12 bits per heavy atom. The molecule has 2 aromatic rings. The Morgan fingerprint density at radius 2 is 1.81 bits per heavy atom. The summed E-state index contributed by atoms with van der Waals surface area (Å²) < 4.78 is 12.9. The van der Waals surface area contributed by atoms with Gasteiger partial charge in [-0.1, -0.05) is 36.4 Å². The molecule has 0 radical (unpaired) electrons. The van der Waals surface area contributed by atoms with Crippen LogP contribution in [0.15, 0.2) is 48.5 Å². The summed E-state index contributed by atoms with van der Waals surface area (Å²) in [6.45, 7) is 0.687. The van der Waals surface area contributed by atoms with Crippen molar-refractivity contribution < 1.29 is 19.1 Å². The number of rotatable bonds is 6. The summed E-state index contributed by atoms with van der Waals surface area (Å²) in [5.41, 5.74) is 3.07. The molecule has 0 fully saturated rings. The van der Waals surface area contributed by atoms with Gasteiger partial charge in [0.25, 0.3) is 0 Å². The van der Waals surface area contributed by atoms with E-state index in [-0.39, 0.29) is 18.3 Å². The second-order valence-electron chi connectivity index (χ2n) is 6.45. The van der Waals surface area contributed by atoms with Gasteiger partial charge in [-0.15, -0.1) is 0 Å². The van der Waals surface area contributed by atoms with Crippen molar-refractivity contribution in [1.29, 1.82) is 0 Å². The standard InChI is InChI=1S/C20H21FN2O3/c21-17-7-5-14(6-8-17)9-10-22-20(26)18-11-15-3-1-2-4-16(15)12-23(18)13-19(24)25/h1-8,18H,9-13H2,(H,22,26)(H,24,25). The molecular weight excluding hydrogens is 335 g/mol. The topological polar surface area (TPSA) is 69.6 Å². The zero-order valence-corrected chi connectivity index (χ0v) is 14.3. The summed E-state index contributed by atoms with van der Waals surface area (Å²) >= 11 is 0. The van der Waals surface area contributed by atoms with E-state index in [9.17, 15) is 14.0 Å². The second-order valence-corrected chi connectivity index (χ2v) is 6.45. The molecule has 2 aromatic carbocycles. The molecule has 1 aliphatic heterocycles. The molecule has 1 heterocycles. The van der Waals surface area contributed by atoms with Crippen LogP contribution in [0.25, 0.3) is 0 Å². The van der Waals surface area contributed by atoms with Crippen LogP contribution < -0.4 is 5.32 Å². The number of hydrogen-bond acceptors (Lipinski definition) is 3. The third-order valence-corrected chi connectivity index (χ3v) is 4.61. The fourth-order valence-electron chi connectivity index (χ4n) is 3.27. The number of carbonyl (C=O) groups is 2. The highest BCUT2D eigenvalue weighted by Gasteiger charge is 2.32. The van der Waals surface area contributed by atoms with Crippen molar-refractivity contribution in [2.45, 2.75) is 25.4 Å². The number of fused-ring (bicyclic) bond motifs is 1. The van der Waals surface area contributed by atoms with Crippen molar-refractivity contribution in [1.82, 2.24) is 10.2 Å². The van der Waals surface area contributed by atoms with Gasteiger partial charge in [-0.05, 0) is 41.7 Å². The molecule has 0 spiro atoms. The maximum Gasteiger partial charge on any atom is 0.317 e. The average molecular weight is 356 g/mol. The van der Waals surface area contributed by atoms with E-state index in [4.69, 9.17) is 5.11 Å². The zero-order chi connectivity index (χ0) is 18.5. The van der Waals surface area contributed by atoms with Crippen LogP contribution in [0.5, 0.6) is 0 Å². The summed E-state index contributed by atoms with van der Waals surface area (Å²) in [6, 6.07) is 13.4. The number of nitrogens with one attached hydrogen (secondary N) is 1. The van der Waals surface area contributed by atoms with Crippen molar-refractivity contribution in [2.75, 3.05) is 13.1 Å². The lowest BCUT2D eigenvalue weighted by atomic mass is 9.93. The molecule has 0 saturated carbocycles. The molecule has 2 N–H and O–H groups in total. The van der Waals surface area contributed by atoms with E-state index in [1.54, 1.807) is 17.0 Å². The smallest absolute Gasteiger partial charge is 0.317 e. The van der Waals surface area contributed by atoms with Crippen LogP contribution in [-0.4, -0.2) is 41.0 Å². The van der Waals surface area contributed by atoms with Crippen LogP contribution in [0.2, 0.25) is 0 Å². The molecule has 6 heteroatoms. The number of carboxylic acids is 1.